The summed E-state index contributed by atoms with van der Waals surface area (Å²) in [6.07, 6.45) is -1.36. The Morgan fingerprint density at radius 3 is 2.35 bits per heavy atom. The van der Waals surface area contributed by atoms with Crippen LogP contribution in [0.15, 0.2) is 54.9 Å². The summed E-state index contributed by atoms with van der Waals surface area (Å²) in [4.78, 5) is 17.1. The van der Waals surface area contributed by atoms with E-state index >= 15 is 0 Å². The Bertz CT molecular complexity index is 1040. The van der Waals surface area contributed by atoms with Crippen LogP contribution in [0.4, 0.5) is 13.2 Å². The normalized spacial score (nSPS) is 12.3. The SMILES string of the molecule is COc1cc(OC)cc(C(NC(=O)Cc2cccc(C(F)(F)F)c2)c2nccn2C)c1. The minimum atomic E-state index is -4.47. The third-order valence-electron chi connectivity index (χ3n) is 4.75. The van der Waals surface area contributed by atoms with Gasteiger partial charge in [-0.1, -0.05) is 18.2 Å². The number of ether oxygens (including phenoxy) is 2. The highest BCUT2D eigenvalue weighted by Crippen LogP contribution is 2.31. The summed E-state index contributed by atoms with van der Waals surface area (Å²) in [5.74, 6) is 1.16. The van der Waals surface area contributed by atoms with Gasteiger partial charge in [0.1, 0.15) is 23.4 Å². The maximum Gasteiger partial charge on any atom is 0.416 e. The number of alkyl halides is 3. The van der Waals surface area contributed by atoms with Gasteiger partial charge < -0.3 is 19.4 Å². The van der Waals surface area contributed by atoms with Crippen molar-refractivity contribution in [3.8, 4) is 11.5 Å². The van der Waals surface area contributed by atoms with Crippen molar-refractivity contribution in [2.45, 2.75) is 18.6 Å². The Morgan fingerprint density at radius 2 is 1.81 bits per heavy atom. The van der Waals surface area contributed by atoms with E-state index in [1.807, 2.05) is 0 Å². The molecule has 1 unspecified atom stereocenters. The van der Waals surface area contributed by atoms with Crippen molar-refractivity contribution < 1.29 is 27.4 Å². The second-order valence-corrected chi connectivity index (χ2v) is 6.92. The van der Waals surface area contributed by atoms with E-state index in [2.05, 4.69) is 10.3 Å². The molecule has 1 aromatic heterocycles. The van der Waals surface area contributed by atoms with Crippen molar-refractivity contribution >= 4 is 5.91 Å². The number of halogens is 3. The molecule has 0 aliphatic heterocycles. The minimum absolute atomic E-state index is 0.216. The lowest BCUT2D eigenvalue weighted by Crippen LogP contribution is -2.32. The Kier molecular flexibility index (Phi) is 6.53. The highest BCUT2D eigenvalue weighted by atomic mass is 19.4. The summed E-state index contributed by atoms with van der Waals surface area (Å²) >= 11 is 0. The molecule has 0 aliphatic carbocycles. The van der Waals surface area contributed by atoms with Crippen LogP contribution in [0.5, 0.6) is 11.5 Å². The van der Waals surface area contributed by atoms with Crippen LogP contribution in [-0.2, 0) is 24.4 Å². The van der Waals surface area contributed by atoms with Crippen molar-refractivity contribution in [3.63, 3.8) is 0 Å². The topological polar surface area (TPSA) is 65.4 Å². The Balaban J connectivity index is 1.90. The van der Waals surface area contributed by atoms with Gasteiger partial charge in [0.15, 0.2) is 0 Å². The number of amides is 1. The first kappa shape index (κ1) is 22.2. The molecule has 0 aliphatic rings. The van der Waals surface area contributed by atoms with Gasteiger partial charge in [-0.05, 0) is 29.3 Å². The van der Waals surface area contributed by atoms with Gasteiger partial charge in [0, 0.05) is 25.5 Å². The number of benzene rings is 2. The van der Waals surface area contributed by atoms with Crippen LogP contribution in [0.25, 0.3) is 0 Å². The molecule has 0 saturated carbocycles. The molecule has 1 heterocycles. The highest BCUT2D eigenvalue weighted by Gasteiger charge is 2.30. The summed E-state index contributed by atoms with van der Waals surface area (Å²) < 4.78 is 51.3. The molecule has 1 atom stereocenters. The molecule has 0 bridgehead atoms. The molecule has 3 aromatic rings. The van der Waals surface area contributed by atoms with E-state index in [9.17, 15) is 18.0 Å². The van der Waals surface area contributed by atoms with Crippen molar-refractivity contribution in [3.05, 3.63) is 77.4 Å². The Morgan fingerprint density at radius 1 is 1.13 bits per heavy atom. The molecule has 1 amide bonds. The summed E-state index contributed by atoms with van der Waals surface area (Å²) in [5, 5.41) is 2.87. The number of methoxy groups -OCH3 is 2. The van der Waals surface area contributed by atoms with Gasteiger partial charge in [-0.3, -0.25) is 4.79 Å². The second-order valence-electron chi connectivity index (χ2n) is 6.92. The lowest BCUT2D eigenvalue weighted by molar-refractivity contribution is -0.137. The molecule has 0 saturated heterocycles. The van der Waals surface area contributed by atoms with Gasteiger partial charge in [-0.2, -0.15) is 13.2 Å². The van der Waals surface area contributed by atoms with Crippen molar-refractivity contribution in [2.75, 3.05) is 14.2 Å². The fourth-order valence-electron chi connectivity index (χ4n) is 3.20. The molecule has 164 valence electrons. The molecule has 3 rings (SSSR count). The Hall–Kier alpha value is -3.49. The third kappa shape index (κ3) is 5.36. The average Bonchev–Trinajstić information content (AvgIpc) is 3.16. The van der Waals surface area contributed by atoms with E-state index < -0.39 is 23.7 Å². The quantitative estimate of drug-likeness (QED) is 0.614. The number of imidazole rings is 1. The molecule has 0 spiro atoms. The van der Waals surface area contributed by atoms with Crippen LogP contribution in [0.2, 0.25) is 0 Å². The van der Waals surface area contributed by atoms with Crippen LogP contribution in [0, 0.1) is 0 Å². The molecule has 6 nitrogen and oxygen atoms in total. The van der Waals surface area contributed by atoms with E-state index in [4.69, 9.17) is 9.47 Å². The van der Waals surface area contributed by atoms with E-state index in [0.29, 0.717) is 22.9 Å². The summed E-state index contributed by atoms with van der Waals surface area (Å²) in [6.45, 7) is 0. The smallest absolute Gasteiger partial charge is 0.416 e. The Labute approximate surface area is 177 Å². The zero-order chi connectivity index (χ0) is 22.6. The number of carbonyl (C=O) groups excluding carboxylic acids is 1. The van der Waals surface area contributed by atoms with Gasteiger partial charge in [0.2, 0.25) is 5.91 Å². The first-order valence-corrected chi connectivity index (χ1v) is 9.37. The number of aryl methyl sites for hydroxylation is 1. The molecular weight excluding hydrogens is 411 g/mol. The predicted octanol–water partition coefficient (Wildman–Crippen LogP) is 3.90. The van der Waals surface area contributed by atoms with Gasteiger partial charge in [-0.25, -0.2) is 4.98 Å². The predicted molar refractivity (Wildman–Crippen MR) is 108 cm³/mol. The fraction of sp³-hybridized carbons (Fsp3) is 0.273. The molecule has 1 N–H and O–H groups in total. The monoisotopic (exact) mass is 433 g/mol. The van der Waals surface area contributed by atoms with Crippen LogP contribution in [-0.4, -0.2) is 29.7 Å². The maximum atomic E-state index is 13.0. The van der Waals surface area contributed by atoms with Crippen molar-refractivity contribution in [2.24, 2.45) is 7.05 Å². The molecule has 9 heteroatoms. The zero-order valence-electron chi connectivity index (χ0n) is 17.2. The molecule has 0 radical (unpaired) electrons. The minimum Gasteiger partial charge on any atom is -0.497 e. The first-order chi connectivity index (χ1) is 14.7. The number of carbonyl (C=O) groups is 1. The van der Waals surface area contributed by atoms with Crippen LogP contribution >= 0.6 is 0 Å². The van der Waals surface area contributed by atoms with Gasteiger partial charge in [0.25, 0.3) is 0 Å². The van der Waals surface area contributed by atoms with Gasteiger partial charge in [0.05, 0.1) is 26.2 Å². The number of nitrogens with zero attached hydrogens (tertiary/aromatic N) is 2. The summed E-state index contributed by atoms with van der Waals surface area (Å²) in [6, 6.07) is 9.24. The third-order valence-corrected chi connectivity index (χ3v) is 4.75. The van der Waals surface area contributed by atoms with E-state index in [0.717, 1.165) is 12.1 Å². The lowest BCUT2D eigenvalue weighted by atomic mass is 10.0. The van der Waals surface area contributed by atoms with E-state index in [1.165, 1.54) is 26.4 Å². The molecule has 2 aromatic carbocycles. The highest BCUT2D eigenvalue weighted by molar-refractivity contribution is 5.79. The largest absolute Gasteiger partial charge is 0.497 e. The van der Waals surface area contributed by atoms with Crippen LogP contribution < -0.4 is 14.8 Å². The van der Waals surface area contributed by atoms with E-state index in [1.54, 1.807) is 42.2 Å². The van der Waals surface area contributed by atoms with E-state index in [-0.39, 0.29) is 12.0 Å². The number of rotatable bonds is 7. The van der Waals surface area contributed by atoms with Gasteiger partial charge in [-0.15, -0.1) is 0 Å². The fourth-order valence-corrected chi connectivity index (χ4v) is 3.20. The van der Waals surface area contributed by atoms with Crippen LogP contribution in [0.1, 0.15) is 28.6 Å². The standard InChI is InChI=1S/C22H22F3N3O3/c1-28-8-7-26-21(28)20(15-11-17(30-2)13-18(12-15)31-3)27-19(29)10-14-5-4-6-16(9-14)22(23,24)25/h4-9,11-13,20H,10H2,1-3H3,(H,27,29). The van der Waals surface area contributed by atoms with Crippen molar-refractivity contribution in [1.29, 1.82) is 0 Å². The number of hydrogen-bond donors (Lipinski definition) is 1. The van der Waals surface area contributed by atoms with Gasteiger partial charge >= 0.3 is 6.18 Å². The van der Waals surface area contributed by atoms with Crippen LogP contribution in [0.3, 0.4) is 0 Å². The number of aromatic nitrogens is 2. The molecule has 31 heavy (non-hydrogen) atoms. The number of hydrogen-bond acceptors (Lipinski definition) is 4. The molecule has 0 fully saturated rings. The summed E-state index contributed by atoms with van der Waals surface area (Å²) in [5.41, 5.74) is 0.119. The number of nitrogens with one attached hydrogen (secondary N) is 1. The first-order valence-electron chi connectivity index (χ1n) is 9.37. The average molecular weight is 433 g/mol. The maximum absolute atomic E-state index is 13.0. The lowest BCUT2D eigenvalue weighted by Gasteiger charge is -2.21. The summed E-state index contributed by atoms with van der Waals surface area (Å²) in [7, 11) is 4.81. The zero-order valence-corrected chi connectivity index (χ0v) is 17.2. The molecular formula is C22H22F3N3O3. The van der Waals surface area contributed by atoms with Crippen molar-refractivity contribution in [1.82, 2.24) is 14.9 Å². The second kappa shape index (κ2) is 9.11.